The van der Waals surface area contributed by atoms with E-state index in [-0.39, 0.29) is 12.5 Å². The Labute approximate surface area is 275 Å². The molecular weight excluding hydrogens is 542 g/mol. The van der Waals surface area contributed by atoms with Gasteiger partial charge in [0.1, 0.15) is 0 Å². The van der Waals surface area contributed by atoms with Gasteiger partial charge in [-0.3, -0.25) is 4.79 Å². The van der Waals surface area contributed by atoms with E-state index in [4.69, 9.17) is 0 Å². The first-order valence-corrected chi connectivity index (χ1v) is 19.6. The molecule has 0 saturated heterocycles. The number of aliphatic hydroxyl groups excluding tert-OH is 2. The average Bonchev–Trinajstić information content (AvgIpc) is 3.02. The van der Waals surface area contributed by atoms with Crippen molar-refractivity contribution in [3.8, 4) is 0 Å². The Balaban J connectivity index is 3.39. The van der Waals surface area contributed by atoms with Crippen LogP contribution in [-0.2, 0) is 4.79 Å². The van der Waals surface area contributed by atoms with Crippen molar-refractivity contribution in [1.29, 1.82) is 0 Å². The lowest BCUT2D eigenvalue weighted by Gasteiger charge is -2.19. The molecule has 0 aliphatic heterocycles. The number of unbranched alkanes of at least 4 members (excludes halogenated alkanes) is 26. The smallest absolute Gasteiger partial charge is 0.220 e. The van der Waals surface area contributed by atoms with Crippen molar-refractivity contribution in [2.45, 2.75) is 219 Å². The van der Waals surface area contributed by atoms with Gasteiger partial charge in [-0.05, 0) is 32.1 Å². The largest absolute Gasteiger partial charge is 0.394 e. The van der Waals surface area contributed by atoms with Crippen molar-refractivity contribution in [3.63, 3.8) is 0 Å². The van der Waals surface area contributed by atoms with Crippen LogP contribution in [0.2, 0.25) is 0 Å². The molecule has 4 nitrogen and oxygen atoms in total. The van der Waals surface area contributed by atoms with Gasteiger partial charge in [-0.15, -0.1) is 0 Å². The molecule has 0 radical (unpaired) electrons. The lowest BCUT2D eigenvalue weighted by atomic mass is 10.0. The molecule has 0 aromatic rings. The van der Waals surface area contributed by atoms with E-state index in [1.807, 2.05) is 6.08 Å². The highest BCUT2D eigenvalue weighted by molar-refractivity contribution is 5.76. The first-order valence-electron chi connectivity index (χ1n) is 19.6. The summed E-state index contributed by atoms with van der Waals surface area (Å²) >= 11 is 0. The molecule has 0 aromatic carbocycles. The number of carbonyl (C=O) groups is 1. The lowest BCUT2D eigenvalue weighted by Crippen LogP contribution is -2.45. The quantitative estimate of drug-likeness (QED) is 0.0488. The maximum absolute atomic E-state index is 11.9. The predicted molar refractivity (Wildman–Crippen MR) is 193 cm³/mol. The molecule has 2 atom stereocenters. The predicted octanol–water partition coefficient (Wildman–Crippen LogP) is 11.7. The summed E-state index contributed by atoms with van der Waals surface area (Å²) in [6, 6.07) is -0.630. The lowest BCUT2D eigenvalue weighted by molar-refractivity contribution is -0.123. The van der Waals surface area contributed by atoms with Crippen LogP contribution in [0.1, 0.15) is 206 Å². The van der Waals surface area contributed by atoms with Gasteiger partial charge in [-0.2, -0.15) is 0 Å². The zero-order chi connectivity index (χ0) is 32.2. The highest BCUT2D eigenvalue weighted by Gasteiger charge is 2.17. The van der Waals surface area contributed by atoms with E-state index in [0.717, 1.165) is 38.5 Å². The van der Waals surface area contributed by atoms with Gasteiger partial charge in [0, 0.05) is 6.42 Å². The number of allylic oxidation sites excluding steroid dienone is 3. The Kier molecular flexibility index (Phi) is 35.4. The molecule has 3 N–H and O–H groups in total. The number of hydrogen-bond acceptors (Lipinski definition) is 3. The van der Waals surface area contributed by atoms with Gasteiger partial charge in [0.15, 0.2) is 0 Å². The van der Waals surface area contributed by atoms with Crippen LogP contribution >= 0.6 is 0 Å². The Morgan fingerprint density at radius 2 is 0.886 bits per heavy atom. The number of hydrogen-bond donors (Lipinski definition) is 3. The van der Waals surface area contributed by atoms with Gasteiger partial charge in [0.05, 0.1) is 18.8 Å². The molecule has 0 aliphatic carbocycles. The minimum absolute atomic E-state index is 0.0986. The first kappa shape index (κ1) is 42.9. The number of amides is 1. The van der Waals surface area contributed by atoms with Crippen LogP contribution in [0, 0.1) is 0 Å². The molecule has 0 bridgehead atoms. The Morgan fingerprint density at radius 1 is 0.523 bits per heavy atom. The zero-order valence-corrected chi connectivity index (χ0v) is 29.7. The van der Waals surface area contributed by atoms with Gasteiger partial charge in [0.25, 0.3) is 0 Å². The van der Waals surface area contributed by atoms with Crippen LogP contribution in [0.5, 0.6) is 0 Å². The Morgan fingerprint density at radius 3 is 1.32 bits per heavy atom. The van der Waals surface area contributed by atoms with Crippen LogP contribution in [0.25, 0.3) is 0 Å². The van der Waals surface area contributed by atoms with E-state index in [0.29, 0.717) is 6.42 Å². The summed E-state index contributed by atoms with van der Waals surface area (Å²) in [6.07, 6.45) is 46.5. The molecule has 4 heteroatoms. The number of carbonyl (C=O) groups excluding carboxylic acids is 1. The standard InChI is InChI=1S/C40H77NO3/c1-3-5-7-8-9-10-11-12-13-14-15-16-17-18-19-20-21-22-23-24-25-26-27-28-29-30-31-32-34-35-39(43)38(37-42)41-40(44)36-33-6-4-2/h29-30,34-35,38-39,42-43H,3-28,31-33,36-37H2,1-2H3,(H,41,44)/b30-29+,35-34+. The summed E-state index contributed by atoms with van der Waals surface area (Å²) in [7, 11) is 0. The minimum Gasteiger partial charge on any atom is -0.394 e. The highest BCUT2D eigenvalue weighted by atomic mass is 16.3. The minimum atomic E-state index is -0.854. The third-order valence-corrected chi connectivity index (χ3v) is 8.94. The summed E-state index contributed by atoms with van der Waals surface area (Å²) in [4.78, 5) is 11.9. The summed E-state index contributed by atoms with van der Waals surface area (Å²) < 4.78 is 0. The summed E-state index contributed by atoms with van der Waals surface area (Å²) in [6.45, 7) is 4.14. The van der Waals surface area contributed by atoms with Crippen molar-refractivity contribution in [2.24, 2.45) is 0 Å². The molecule has 0 rings (SSSR count). The van der Waals surface area contributed by atoms with Crippen LogP contribution in [0.4, 0.5) is 0 Å². The van der Waals surface area contributed by atoms with Crippen LogP contribution < -0.4 is 5.32 Å². The normalized spacial score (nSPS) is 13.3. The Bertz CT molecular complexity index is 632. The molecule has 2 unspecified atom stereocenters. The van der Waals surface area contributed by atoms with Crippen molar-refractivity contribution in [2.75, 3.05) is 6.61 Å². The average molecular weight is 620 g/mol. The fraction of sp³-hybridized carbons (Fsp3) is 0.875. The monoisotopic (exact) mass is 620 g/mol. The number of aliphatic hydroxyl groups is 2. The van der Waals surface area contributed by atoms with Crippen molar-refractivity contribution in [3.05, 3.63) is 24.3 Å². The van der Waals surface area contributed by atoms with E-state index in [2.05, 4.69) is 31.3 Å². The zero-order valence-electron chi connectivity index (χ0n) is 29.7. The number of nitrogens with one attached hydrogen (secondary N) is 1. The highest BCUT2D eigenvalue weighted by Crippen LogP contribution is 2.16. The molecule has 44 heavy (non-hydrogen) atoms. The van der Waals surface area contributed by atoms with E-state index in [9.17, 15) is 15.0 Å². The van der Waals surface area contributed by atoms with Crippen LogP contribution in [0.15, 0.2) is 24.3 Å². The molecular formula is C40H77NO3. The van der Waals surface area contributed by atoms with Crippen LogP contribution in [-0.4, -0.2) is 34.9 Å². The van der Waals surface area contributed by atoms with E-state index in [1.165, 1.54) is 148 Å². The second kappa shape index (κ2) is 36.3. The van der Waals surface area contributed by atoms with Gasteiger partial charge in [-0.1, -0.05) is 192 Å². The first-order chi connectivity index (χ1) is 21.7. The molecule has 0 saturated carbocycles. The Hall–Kier alpha value is -1.13. The second-order valence-corrected chi connectivity index (χ2v) is 13.3. The molecule has 0 spiro atoms. The summed E-state index contributed by atoms with van der Waals surface area (Å²) in [5.41, 5.74) is 0. The van der Waals surface area contributed by atoms with Gasteiger partial charge in [-0.25, -0.2) is 0 Å². The second-order valence-electron chi connectivity index (χ2n) is 13.3. The van der Waals surface area contributed by atoms with Gasteiger partial charge in [0.2, 0.25) is 5.91 Å². The van der Waals surface area contributed by atoms with Crippen molar-refractivity contribution in [1.82, 2.24) is 5.32 Å². The molecule has 1 amide bonds. The topological polar surface area (TPSA) is 69.6 Å². The van der Waals surface area contributed by atoms with E-state index in [1.54, 1.807) is 6.08 Å². The third-order valence-electron chi connectivity index (χ3n) is 8.94. The maximum atomic E-state index is 11.9. The van der Waals surface area contributed by atoms with Crippen molar-refractivity contribution < 1.29 is 15.0 Å². The fourth-order valence-corrected chi connectivity index (χ4v) is 5.90. The number of rotatable bonds is 35. The maximum Gasteiger partial charge on any atom is 0.220 e. The molecule has 0 fully saturated rings. The summed E-state index contributed by atoms with van der Waals surface area (Å²) in [5.74, 6) is -0.0986. The fourth-order valence-electron chi connectivity index (χ4n) is 5.90. The van der Waals surface area contributed by atoms with Gasteiger partial charge < -0.3 is 15.5 Å². The van der Waals surface area contributed by atoms with Crippen molar-refractivity contribution >= 4 is 5.91 Å². The molecule has 0 aromatic heterocycles. The summed E-state index contributed by atoms with van der Waals surface area (Å²) in [5, 5.41) is 22.5. The third kappa shape index (κ3) is 32.3. The van der Waals surface area contributed by atoms with Gasteiger partial charge >= 0.3 is 0 Å². The van der Waals surface area contributed by atoms with E-state index < -0.39 is 12.1 Å². The SMILES string of the molecule is CCCCCCCCCCCCCCCCCCCCCCCCC/C=C/CC/C=C/C(O)C(CO)NC(=O)CCCCC. The molecule has 260 valence electrons. The molecule has 0 aliphatic rings. The van der Waals surface area contributed by atoms with Crippen LogP contribution in [0.3, 0.4) is 0 Å². The van der Waals surface area contributed by atoms with E-state index >= 15 is 0 Å². The molecule has 0 heterocycles.